The lowest BCUT2D eigenvalue weighted by atomic mass is 9.65. The summed E-state index contributed by atoms with van der Waals surface area (Å²) in [5.74, 6) is 6.94. The second-order valence-electron chi connectivity index (χ2n) is 9.07. The average Bonchev–Trinajstić information content (AvgIpc) is 2.51. The molecule has 0 aliphatic carbocycles. The molecule has 0 rings (SSSR count). The zero-order chi connectivity index (χ0) is 18.3. The topological polar surface area (TPSA) is 0 Å². The zero-order valence-electron chi connectivity index (χ0n) is 17.9. The van der Waals surface area contributed by atoms with Crippen LogP contribution >= 0.6 is 0 Å². The van der Waals surface area contributed by atoms with E-state index in [1.165, 1.54) is 12.8 Å². The van der Waals surface area contributed by atoms with Crippen molar-refractivity contribution in [3.8, 4) is 0 Å². The van der Waals surface area contributed by atoms with Gasteiger partial charge in [0.25, 0.3) is 0 Å². The third-order valence-electron chi connectivity index (χ3n) is 7.31. The largest absolute Gasteiger partial charge is 0.103 e. The molecule has 0 aromatic heterocycles. The van der Waals surface area contributed by atoms with Gasteiger partial charge in [0.2, 0.25) is 0 Å². The summed E-state index contributed by atoms with van der Waals surface area (Å²) >= 11 is 0. The van der Waals surface area contributed by atoms with Crippen LogP contribution in [0.4, 0.5) is 0 Å². The Hall–Kier alpha value is -0.260. The van der Waals surface area contributed by atoms with Gasteiger partial charge in [-0.25, -0.2) is 0 Å². The molecular formula is C23H46. The normalized spacial score (nSPS) is 22.7. The fourth-order valence-corrected chi connectivity index (χ4v) is 4.40. The molecule has 0 spiro atoms. The van der Waals surface area contributed by atoms with Gasteiger partial charge in [0.15, 0.2) is 0 Å². The first kappa shape index (κ1) is 22.7. The molecule has 0 heteroatoms. The van der Waals surface area contributed by atoms with Gasteiger partial charge in [-0.05, 0) is 59.7 Å². The van der Waals surface area contributed by atoms with Gasteiger partial charge in [0, 0.05) is 0 Å². The van der Waals surface area contributed by atoms with Crippen LogP contribution < -0.4 is 0 Å². The van der Waals surface area contributed by atoms with Crippen molar-refractivity contribution >= 4 is 0 Å². The van der Waals surface area contributed by atoms with E-state index in [9.17, 15) is 0 Å². The van der Waals surface area contributed by atoms with Crippen LogP contribution in [0.3, 0.4) is 0 Å². The van der Waals surface area contributed by atoms with Crippen molar-refractivity contribution in [1.82, 2.24) is 0 Å². The SMILES string of the molecule is C=CC(C)C(C)C(C)CC(C)C(C(C)C(C)C)C(C)C(C)CC. The number of hydrogen-bond acceptors (Lipinski definition) is 0. The van der Waals surface area contributed by atoms with Crippen LogP contribution in [0.15, 0.2) is 12.7 Å². The Labute approximate surface area is 148 Å². The van der Waals surface area contributed by atoms with Crippen molar-refractivity contribution in [3.05, 3.63) is 12.7 Å². The van der Waals surface area contributed by atoms with E-state index in [1.54, 1.807) is 0 Å². The van der Waals surface area contributed by atoms with Gasteiger partial charge in [0.05, 0.1) is 0 Å². The summed E-state index contributed by atoms with van der Waals surface area (Å²) in [5.41, 5.74) is 0. The fraction of sp³-hybridized carbons (Fsp3) is 0.913. The van der Waals surface area contributed by atoms with Gasteiger partial charge in [-0.1, -0.05) is 81.7 Å². The molecule has 0 N–H and O–H groups in total. The summed E-state index contributed by atoms with van der Waals surface area (Å²) in [4.78, 5) is 0. The Morgan fingerprint density at radius 1 is 0.696 bits per heavy atom. The molecule has 23 heavy (non-hydrogen) atoms. The Morgan fingerprint density at radius 2 is 1.22 bits per heavy atom. The first-order valence-corrected chi connectivity index (χ1v) is 10.2. The lowest BCUT2D eigenvalue weighted by Crippen LogP contribution is -2.34. The molecule has 0 saturated heterocycles. The van der Waals surface area contributed by atoms with E-state index in [4.69, 9.17) is 0 Å². The molecule has 138 valence electrons. The summed E-state index contributed by atoms with van der Waals surface area (Å²) in [6.07, 6.45) is 4.78. The molecule has 0 aliphatic rings. The van der Waals surface area contributed by atoms with Crippen LogP contribution in [-0.2, 0) is 0 Å². The molecule has 0 aliphatic heterocycles. The van der Waals surface area contributed by atoms with Crippen molar-refractivity contribution < 1.29 is 0 Å². The molecule has 8 atom stereocenters. The predicted octanol–water partition coefficient (Wildman–Crippen LogP) is 7.70. The Balaban J connectivity index is 5.13. The van der Waals surface area contributed by atoms with Crippen LogP contribution in [0.5, 0.6) is 0 Å². The third-order valence-corrected chi connectivity index (χ3v) is 7.31. The van der Waals surface area contributed by atoms with E-state index in [0.29, 0.717) is 5.92 Å². The summed E-state index contributed by atoms with van der Waals surface area (Å²) in [6, 6.07) is 0. The molecule has 0 nitrogen and oxygen atoms in total. The van der Waals surface area contributed by atoms with Crippen molar-refractivity contribution in [2.24, 2.45) is 53.3 Å². The maximum absolute atomic E-state index is 3.99. The minimum Gasteiger partial charge on any atom is -0.103 e. The Morgan fingerprint density at radius 3 is 1.61 bits per heavy atom. The molecule has 0 amide bonds. The number of rotatable bonds is 11. The molecule has 0 heterocycles. The molecule has 0 aromatic rings. The first-order chi connectivity index (χ1) is 10.6. The van der Waals surface area contributed by atoms with Crippen LogP contribution in [0.2, 0.25) is 0 Å². The van der Waals surface area contributed by atoms with Crippen LogP contribution in [0.25, 0.3) is 0 Å². The standard InChI is InChI=1S/C23H46/c1-12-16(5)21(10)18(7)14-19(8)23(20(9)15(3)4)22(11)17(6)13-2/h12,15-23H,1,13-14H2,2-11H3. The molecule has 0 saturated carbocycles. The van der Waals surface area contributed by atoms with Crippen LogP contribution in [0.1, 0.15) is 82.1 Å². The molecule has 0 aromatic carbocycles. The van der Waals surface area contributed by atoms with E-state index in [-0.39, 0.29) is 0 Å². The van der Waals surface area contributed by atoms with Gasteiger partial charge in [-0.3, -0.25) is 0 Å². The second-order valence-corrected chi connectivity index (χ2v) is 9.07. The lowest BCUT2D eigenvalue weighted by Gasteiger charge is -2.41. The maximum atomic E-state index is 3.99. The highest BCUT2D eigenvalue weighted by molar-refractivity contribution is 4.85. The monoisotopic (exact) mass is 322 g/mol. The van der Waals surface area contributed by atoms with Crippen molar-refractivity contribution in [2.45, 2.75) is 82.1 Å². The van der Waals surface area contributed by atoms with Gasteiger partial charge in [0.1, 0.15) is 0 Å². The minimum absolute atomic E-state index is 0.616. The summed E-state index contributed by atoms with van der Waals surface area (Å²) in [7, 11) is 0. The highest BCUT2D eigenvalue weighted by Gasteiger charge is 2.34. The molecule has 0 radical (unpaired) electrons. The van der Waals surface area contributed by atoms with Crippen LogP contribution in [0, 0.1) is 53.3 Å². The number of allylic oxidation sites excluding steroid dienone is 1. The van der Waals surface area contributed by atoms with Gasteiger partial charge >= 0.3 is 0 Å². The smallest absolute Gasteiger partial charge is 0.0236 e. The quantitative estimate of drug-likeness (QED) is 0.342. The molecule has 8 unspecified atom stereocenters. The zero-order valence-corrected chi connectivity index (χ0v) is 17.9. The Bertz CT molecular complexity index is 316. The van der Waals surface area contributed by atoms with Crippen LogP contribution in [-0.4, -0.2) is 0 Å². The number of hydrogen-bond donors (Lipinski definition) is 0. The van der Waals surface area contributed by atoms with E-state index in [2.05, 4.69) is 81.9 Å². The molecule has 0 bridgehead atoms. The van der Waals surface area contributed by atoms with Crippen molar-refractivity contribution in [2.75, 3.05) is 0 Å². The first-order valence-electron chi connectivity index (χ1n) is 10.2. The second kappa shape index (κ2) is 10.6. The van der Waals surface area contributed by atoms with Crippen molar-refractivity contribution in [1.29, 1.82) is 0 Å². The Kier molecular flexibility index (Phi) is 10.5. The van der Waals surface area contributed by atoms with Gasteiger partial charge in [-0.2, -0.15) is 0 Å². The third kappa shape index (κ3) is 6.63. The summed E-state index contributed by atoms with van der Waals surface area (Å²) in [5, 5.41) is 0. The molecular weight excluding hydrogens is 276 g/mol. The van der Waals surface area contributed by atoms with E-state index in [0.717, 1.165) is 47.3 Å². The maximum Gasteiger partial charge on any atom is -0.0236 e. The average molecular weight is 323 g/mol. The van der Waals surface area contributed by atoms with Crippen molar-refractivity contribution in [3.63, 3.8) is 0 Å². The van der Waals surface area contributed by atoms with Gasteiger partial charge in [-0.15, -0.1) is 6.58 Å². The summed E-state index contributed by atoms with van der Waals surface area (Å²) in [6.45, 7) is 28.3. The van der Waals surface area contributed by atoms with Gasteiger partial charge < -0.3 is 0 Å². The van der Waals surface area contributed by atoms with E-state index < -0.39 is 0 Å². The lowest BCUT2D eigenvalue weighted by molar-refractivity contribution is 0.0833. The summed E-state index contributed by atoms with van der Waals surface area (Å²) < 4.78 is 0. The molecule has 0 fully saturated rings. The fourth-order valence-electron chi connectivity index (χ4n) is 4.40. The van der Waals surface area contributed by atoms with E-state index >= 15 is 0 Å². The highest BCUT2D eigenvalue weighted by Crippen LogP contribution is 2.41. The highest BCUT2D eigenvalue weighted by atomic mass is 14.4. The minimum atomic E-state index is 0.616. The predicted molar refractivity (Wildman–Crippen MR) is 108 cm³/mol. The van der Waals surface area contributed by atoms with E-state index in [1.807, 2.05) is 0 Å².